The number of aryl methyl sites for hydroxylation is 1. The van der Waals surface area contributed by atoms with Gasteiger partial charge in [-0.15, -0.1) is 0 Å². The minimum absolute atomic E-state index is 0.0136. The minimum Gasteiger partial charge on any atom is -0.493 e. The Kier molecular flexibility index (Phi) is 13.2. The Labute approximate surface area is 247 Å². The third-order valence-corrected chi connectivity index (χ3v) is 8.13. The third-order valence-electron chi connectivity index (χ3n) is 7.27. The number of benzene rings is 2. The highest BCUT2D eigenvalue weighted by Gasteiger charge is 2.20. The fourth-order valence-corrected chi connectivity index (χ4v) is 5.70. The van der Waals surface area contributed by atoms with Gasteiger partial charge in [0.05, 0.1) is 17.9 Å². The summed E-state index contributed by atoms with van der Waals surface area (Å²) in [5, 5.41) is 3.09. The second-order valence-corrected chi connectivity index (χ2v) is 13.3. The van der Waals surface area contributed by atoms with Gasteiger partial charge in [-0.1, -0.05) is 121 Å². The Morgan fingerprint density at radius 3 is 2.25 bits per heavy atom. The van der Waals surface area contributed by atoms with E-state index in [1.165, 1.54) is 68.2 Å². The summed E-state index contributed by atoms with van der Waals surface area (Å²) in [7, 11) is 0. The molecule has 0 atom stereocenters. The number of amides is 1. The number of carbonyl (C=O) groups is 1. The van der Waals surface area contributed by atoms with Crippen molar-refractivity contribution in [3.63, 3.8) is 0 Å². The molecule has 4 nitrogen and oxygen atoms in total. The van der Waals surface area contributed by atoms with Crippen LogP contribution in [0.1, 0.15) is 113 Å². The smallest absolute Gasteiger partial charge is 0.228 e. The summed E-state index contributed by atoms with van der Waals surface area (Å²) in [6.45, 7) is 12.5. The maximum Gasteiger partial charge on any atom is 0.228 e. The molecule has 2 aromatic carbocycles. The largest absolute Gasteiger partial charge is 0.493 e. The predicted molar refractivity (Wildman–Crippen MR) is 170 cm³/mol. The van der Waals surface area contributed by atoms with Gasteiger partial charge in [-0.2, -0.15) is 4.57 Å². The lowest BCUT2D eigenvalue weighted by molar-refractivity contribution is -0.683. The van der Waals surface area contributed by atoms with Gasteiger partial charge in [0, 0.05) is 11.3 Å². The van der Waals surface area contributed by atoms with Gasteiger partial charge in [-0.25, -0.2) is 0 Å². The van der Waals surface area contributed by atoms with Crippen molar-refractivity contribution in [1.82, 2.24) is 0 Å². The van der Waals surface area contributed by atoms with Crippen LogP contribution in [0.3, 0.4) is 0 Å². The number of nitrogens with one attached hydrogen (secondary N) is 1. The molecule has 0 bridgehead atoms. The van der Waals surface area contributed by atoms with Crippen LogP contribution in [0.25, 0.3) is 0 Å². The SMILES string of the molecule is CCCCCCCCCCCCOc1cc(CC(=O)Nc2cccc(C[n+]3csc(C)c3)c2)ccc1C(C)(C)C. The molecular weight excluding hydrogens is 512 g/mol. The Hall–Kier alpha value is -2.66. The van der Waals surface area contributed by atoms with E-state index in [2.05, 4.69) is 86.5 Å². The summed E-state index contributed by atoms with van der Waals surface area (Å²) < 4.78 is 8.49. The molecule has 0 fully saturated rings. The van der Waals surface area contributed by atoms with Gasteiger partial charge in [-0.05, 0) is 48.1 Å². The molecule has 1 amide bonds. The van der Waals surface area contributed by atoms with Crippen LogP contribution in [-0.4, -0.2) is 12.5 Å². The summed E-state index contributed by atoms with van der Waals surface area (Å²) in [5.41, 5.74) is 6.27. The average molecular weight is 564 g/mol. The van der Waals surface area contributed by atoms with E-state index in [9.17, 15) is 4.79 Å². The number of anilines is 1. The Morgan fingerprint density at radius 1 is 0.900 bits per heavy atom. The summed E-state index contributed by atoms with van der Waals surface area (Å²) in [5.74, 6) is 0.902. The van der Waals surface area contributed by atoms with Crippen LogP contribution in [0.2, 0.25) is 0 Å². The lowest BCUT2D eigenvalue weighted by Crippen LogP contribution is -2.30. The van der Waals surface area contributed by atoms with Gasteiger partial charge in [-0.3, -0.25) is 4.79 Å². The maximum atomic E-state index is 13.0. The van der Waals surface area contributed by atoms with E-state index in [0.29, 0.717) is 6.42 Å². The number of hydrogen-bond donors (Lipinski definition) is 1. The van der Waals surface area contributed by atoms with Crippen LogP contribution >= 0.6 is 11.3 Å². The number of aromatic nitrogens is 1. The van der Waals surface area contributed by atoms with Crippen molar-refractivity contribution in [2.45, 2.75) is 117 Å². The average Bonchev–Trinajstić information content (AvgIpc) is 3.31. The molecule has 1 aromatic heterocycles. The van der Waals surface area contributed by atoms with Crippen molar-refractivity contribution in [2.75, 3.05) is 11.9 Å². The van der Waals surface area contributed by atoms with E-state index in [1.54, 1.807) is 11.3 Å². The Morgan fingerprint density at radius 2 is 1.60 bits per heavy atom. The number of hydrogen-bond acceptors (Lipinski definition) is 3. The van der Waals surface area contributed by atoms with Gasteiger partial charge in [0.2, 0.25) is 11.4 Å². The minimum atomic E-state index is -0.0205. The van der Waals surface area contributed by atoms with Crippen LogP contribution in [0.4, 0.5) is 5.69 Å². The summed E-state index contributed by atoms with van der Waals surface area (Å²) in [4.78, 5) is 14.2. The molecule has 218 valence electrons. The number of carbonyl (C=O) groups excluding carboxylic acids is 1. The number of unbranched alkanes of at least 4 members (excludes halogenated alkanes) is 9. The van der Waals surface area contributed by atoms with Crippen molar-refractivity contribution < 1.29 is 14.1 Å². The quantitative estimate of drug-likeness (QED) is 0.131. The van der Waals surface area contributed by atoms with E-state index in [4.69, 9.17) is 4.74 Å². The van der Waals surface area contributed by atoms with E-state index in [0.717, 1.165) is 42.1 Å². The second kappa shape index (κ2) is 16.6. The topological polar surface area (TPSA) is 42.2 Å². The van der Waals surface area contributed by atoms with Crippen LogP contribution in [-0.2, 0) is 23.2 Å². The highest BCUT2D eigenvalue weighted by atomic mass is 32.1. The van der Waals surface area contributed by atoms with Crippen molar-refractivity contribution in [1.29, 1.82) is 0 Å². The first-order valence-electron chi connectivity index (χ1n) is 15.3. The normalized spacial score (nSPS) is 11.5. The number of thiazole rings is 1. The van der Waals surface area contributed by atoms with E-state index < -0.39 is 0 Å². The molecule has 0 saturated carbocycles. The molecule has 0 radical (unpaired) electrons. The van der Waals surface area contributed by atoms with Crippen molar-refractivity contribution in [2.24, 2.45) is 0 Å². The molecule has 0 aliphatic rings. The molecule has 0 unspecified atom stereocenters. The predicted octanol–water partition coefficient (Wildman–Crippen LogP) is 9.17. The molecule has 5 heteroatoms. The zero-order chi connectivity index (χ0) is 28.8. The fourth-order valence-electron chi connectivity index (χ4n) is 5.06. The number of ether oxygens (including phenoxy) is 1. The van der Waals surface area contributed by atoms with Gasteiger partial charge in [0.1, 0.15) is 5.75 Å². The molecule has 0 saturated heterocycles. The molecule has 0 spiro atoms. The molecule has 1 heterocycles. The lowest BCUT2D eigenvalue weighted by atomic mass is 9.85. The van der Waals surface area contributed by atoms with E-state index in [1.807, 2.05) is 12.1 Å². The molecular formula is C35H51N2O2S+. The molecule has 40 heavy (non-hydrogen) atoms. The number of rotatable bonds is 17. The van der Waals surface area contributed by atoms with Gasteiger partial charge < -0.3 is 10.1 Å². The molecule has 0 aliphatic carbocycles. The summed E-state index contributed by atoms with van der Waals surface area (Å²) in [6, 6.07) is 14.4. The summed E-state index contributed by atoms with van der Waals surface area (Å²) in [6.07, 6.45) is 15.6. The maximum absolute atomic E-state index is 13.0. The van der Waals surface area contributed by atoms with Gasteiger partial charge >= 0.3 is 0 Å². The van der Waals surface area contributed by atoms with Crippen LogP contribution in [0.15, 0.2) is 54.2 Å². The van der Waals surface area contributed by atoms with Gasteiger partial charge in [0.15, 0.2) is 12.7 Å². The molecule has 0 aliphatic heterocycles. The Balaban J connectivity index is 1.49. The fraction of sp³-hybridized carbons (Fsp3) is 0.543. The molecule has 3 aromatic rings. The third kappa shape index (κ3) is 11.4. The summed E-state index contributed by atoms with van der Waals surface area (Å²) >= 11 is 1.74. The Bertz CT molecular complexity index is 1180. The molecule has 1 N–H and O–H groups in total. The lowest BCUT2D eigenvalue weighted by Gasteiger charge is -2.23. The van der Waals surface area contributed by atoms with Crippen molar-refractivity contribution in [3.05, 3.63) is 75.7 Å². The van der Waals surface area contributed by atoms with E-state index >= 15 is 0 Å². The zero-order valence-corrected chi connectivity index (χ0v) is 26.4. The first kappa shape index (κ1) is 31.9. The molecule has 3 rings (SSSR count). The standard InChI is InChI=1S/C35H50N2O2S/c1-6-7-8-9-10-11-12-13-14-15-21-39-33-23-29(19-20-32(33)35(3,4)5)24-34(38)36-31-18-16-17-30(22-31)26-37-25-28(2)40-27-37/h16-20,22-23,25,27H,6-15,21,24,26H2,1-5H3/p+1. The van der Waals surface area contributed by atoms with Crippen LogP contribution < -0.4 is 14.6 Å². The second-order valence-electron chi connectivity index (χ2n) is 12.2. The van der Waals surface area contributed by atoms with Crippen LogP contribution in [0, 0.1) is 6.92 Å². The zero-order valence-electron chi connectivity index (χ0n) is 25.6. The van der Waals surface area contributed by atoms with Crippen molar-refractivity contribution >= 4 is 22.9 Å². The first-order valence-corrected chi connectivity index (χ1v) is 16.2. The first-order chi connectivity index (χ1) is 19.2. The highest BCUT2D eigenvalue weighted by molar-refractivity contribution is 7.09. The number of nitrogens with zero attached hydrogens (tertiary/aromatic N) is 1. The highest BCUT2D eigenvalue weighted by Crippen LogP contribution is 2.32. The van der Waals surface area contributed by atoms with E-state index in [-0.39, 0.29) is 11.3 Å². The monoisotopic (exact) mass is 563 g/mol. The van der Waals surface area contributed by atoms with Gasteiger partial charge in [0.25, 0.3) is 0 Å². The van der Waals surface area contributed by atoms with Crippen molar-refractivity contribution in [3.8, 4) is 5.75 Å². The van der Waals surface area contributed by atoms with Crippen LogP contribution in [0.5, 0.6) is 5.75 Å².